The maximum absolute atomic E-state index is 12.1. The number of unbranched alkanes of at least 4 members (excludes halogenated alkanes) is 20. The molecule has 1 N–H and O–H groups in total. The van der Waals surface area contributed by atoms with Gasteiger partial charge in [-0.25, -0.2) is 0 Å². The van der Waals surface area contributed by atoms with Crippen molar-refractivity contribution < 1.29 is 19.4 Å². The number of carbonyl (C=O) groups excluding carboxylic acids is 1. The van der Waals surface area contributed by atoms with Gasteiger partial charge in [-0.15, -0.1) is 0 Å². The van der Waals surface area contributed by atoms with Gasteiger partial charge in [0.2, 0.25) is 0 Å². The second-order valence-electron chi connectivity index (χ2n) is 11.6. The molecule has 0 radical (unpaired) electrons. The van der Waals surface area contributed by atoms with Crippen LogP contribution in [0.25, 0.3) is 0 Å². The molecule has 236 valence electrons. The molecule has 0 aliphatic carbocycles. The fourth-order valence-electron chi connectivity index (χ4n) is 4.84. The lowest BCUT2D eigenvalue weighted by Crippen LogP contribution is -2.27. The maximum Gasteiger partial charge on any atom is 0.306 e. The van der Waals surface area contributed by atoms with Crippen LogP contribution in [0.4, 0.5) is 0 Å². The van der Waals surface area contributed by atoms with Crippen LogP contribution in [0.1, 0.15) is 174 Å². The SMILES string of the molecule is CCCCC/C=C\CCCCCCCCOCC(CO)OC(=O)CCCCCCC/C=C\CCCCCCCC. The van der Waals surface area contributed by atoms with E-state index in [9.17, 15) is 9.90 Å². The number of carbonyl (C=O) groups is 1. The highest BCUT2D eigenvalue weighted by Crippen LogP contribution is 2.12. The van der Waals surface area contributed by atoms with Crippen LogP contribution < -0.4 is 0 Å². The van der Waals surface area contributed by atoms with Crippen LogP contribution in [0.2, 0.25) is 0 Å². The van der Waals surface area contributed by atoms with Gasteiger partial charge in [0.05, 0.1) is 13.2 Å². The van der Waals surface area contributed by atoms with Crippen LogP contribution in [0.3, 0.4) is 0 Å². The first-order chi connectivity index (χ1) is 19.7. The molecule has 0 amide bonds. The van der Waals surface area contributed by atoms with E-state index in [-0.39, 0.29) is 12.6 Å². The van der Waals surface area contributed by atoms with Crippen molar-refractivity contribution in [2.24, 2.45) is 0 Å². The Labute approximate surface area is 249 Å². The van der Waals surface area contributed by atoms with Gasteiger partial charge in [0, 0.05) is 13.0 Å². The fraction of sp³-hybridized carbons (Fsp3) is 0.861. The van der Waals surface area contributed by atoms with Crippen LogP contribution >= 0.6 is 0 Å². The van der Waals surface area contributed by atoms with Crippen molar-refractivity contribution in [1.29, 1.82) is 0 Å². The molecule has 0 rings (SSSR count). The maximum atomic E-state index is 12.1. The summed E-state index contributed by atoms with van der Waals surface area (Å²) < 4.78 is 11.1. The molecule has 0 saturated carbocycles. The lowest BCUT2D eigenvalue weighted by atomic mass is 10.1. The lowest BCUT2D eigenvalue weighted by Gasteiger charge is -2.15. The van der Waals surface area contributed by atoms with Gasteiger partial charge in [-0.3, -0.25) is 4.79 Å². The summed E-state index contributed by atoms with van der Waals surface area (Å²) >= 11 is 0. The number of esters is 1. The second kappa shape index (κ2) is 34.1. The lowest BCUT2D eigenvalue weighted by molar-refractivity contribution is -0.154. The van der Waals surface area contributed by atoms with Crippen molar-refractivity contribution >= 4 is 5.97 Å². The zero-order chi connectivity index (χ0) is 29.2. The third-order valence-electron chi connectivity index (χ3n) is 7.50. The molecule has 0 saturated heterocycles. The molecule has 1 unspecified atom stereocenters. The van der Waals surface area contributed by atoms with E-state index >= 15 is 0 Å². The molecule has 4 nitrogen and oxygen atoms in total. The van der Waals surface area contributed by atoms with Crippen molar-refractivity contribution in [1.82, 2.24) is 0 Å². The zero-order valence-electron chi connectivity index (χ0n) is 26.9. The quantitative estimate of drug-likeness (QED) is 0.0501. The van der Waals surface area contributed by atoms with E-state index in [1.165, 1.54) is 135 Å². The number of ether oxygens (including phenoxy) is 2. The van der Waals surface area contributed by atoms with Gasteiger partial charge in [0.15, 0.2) is 0 Å². The average molecular weight is 565 g/mol. The molecular formula is C36H68O4. The van der Waals surface area contributed by atoms with Crippen molar-refractivity contribution in [2.45, 2.75) is 180 Å². The Morgan fingerprint density at radius 2 is 0.975 bits per heavy atom. The molecule has 0 heterocycles. The van der Waals surface area contributed by atoms with Crippen LogP contribution in [0.15, 0.2) is 24.3 Å². The predicted octanol–water partition coefficient (Wildman–Crippen LogP) is 10.8. The first kappa shape index (κ1) is 38.9. The number of hydrogen-bond donors (Lipinski definition) is 1. The van der Waals surface area contributed by atoms with E-state index in [2.05, 4.69) is 38.2 Å². The first-order valence-electron chi connectivity index (χ1n) is 17.4. The Morgan fingerprint density at radius 3 is 1.48 bits per heavy atom. The van der Waals surface area contributed by atoms with Crippen LogP contribution in [0.5, 0.6) is 0 Å². The summed E-state index contributed by atoms with van der Waals surface area (Å²) in [5.41, 5.74) is 0. The minimum Gasteiger partial charge on any atom is -0.457 e. The highest BCUT2D eigenvalue weighted by molar-refractivity contribution is 5.69. The predicted molar refractivity (Wildman–Crippen MR) is 173 cm³/mol. The van der Waals surface area contributed by atoms with Crippen molar-refractivity contribution in [2.75, 3.05) is 19.8 Å². The van der Waals surface area contributed by atoms with E-state index in [1.807, 2.05) is 0 Å². The van der Waals surface area contributed by atoms with Crippen molar-refractivity contribution in [3.8, 4) is 0 Å². The highest BCUT2D eigenvalue weighted by Gasteiger charge is 2.13. The van der Waals surface area contributed by atoms with E-state index in [4.69, 9.17) is 9.47 Å². The van der Waals surface area contributed by atoms with E-state index in [0.29, 0.717) is 19.6 Å². The Hall–Kier alpha value is -1.13. The fourth-order valence-corrected chi connectivity index (χ4v) is 4.84. The zero-order valence-corrected chi connectivity index (χ0v) is 26.9. The summed E-state index contributed by atoms with van der Waals surface area (Å²) in [6.45, 7) is 5.30. The molecule has 0 aromatic heterocycles. The standard InChI is InChI=1S/C36H68O4/c1-3-5-7-9-11-13-15-17-18-19-21-23-25-27-29-31-36(38)40-35(33-37)34-39-32-30-28-26-24-22-20-16-14-12-10-8-6-4-2/h12,14,17-18,35,37H,3-11,13,15-16,19-34H2,1-2H3/b14-12-,18-17-. The van der Waals surface area contributed by atoms with Gasteiger partial charge in [-0.05, 0) is 64.2 Å². The summed E-state index contributed by atoms with van der Waals surface area (Å²) in [6, 6.07) is 0. The van der Waals surface area contributed by atoms with Gasteiger partial charge in [0.1, 0.15) is 6.10 Å². The largest absolute Gasteiger partial charge is 0.457 e. The van der Waals surface area contributed by atoms with Gasteiger partial charge in [0.25, 0.3) is 0 Å². The van der Waals surface area contributed by atoms with Gasteiger partial charge < -0.3 is 14.6 Å². The van der Waals surface area contributed by atoms with Gasteiger partial charge in [-0.2, -0.15) is 0 Å². The summed E-state index contributed by atoms with van der Waals surface area (Å²) in [4.78, 5) is 12.1. The molecule has 40 heavy (non-hydrogen) atoms. The Morgan fingerprint density at radius 1 is 0.575 bits per heavy atom. The Kier molecular flexibility index (Phi) is 33.1. The smallest absolute Gasteiger partial charge is 0.306 e. The van der Waals surface area contributed by atoms with E-state index in [0.717, 1.165) is 19.3 Å². The van der Waals surface area contributed by atoms with Gasteiger partial charge in [-0.1, -0.05) is 128 Å². The average Bonchev–Trinajstić information content (AvgIpc) is 2.96. The van der Waals surface area contributed by atoms with Crippen molar-refractivity contribution in [3.63, 3.8) is 0 Å². The normalized spacial score (nSPS) is 12.6. The summed E-state index contributed by atoms with van der Waals surface area (Å²) in [6.07, 6.45) is 39.2. The van der Waals surface area contributed by atoms with Gasteiger partial charge >= 0.3 is 5.97 Å². The van der Waals surface area contributed by atoms with Crippen LogP contribution in [0, 0.1) is 0 Å². The minimum atomic E-state index is -0.536. The molecule has 0 fully saturated rings. The number of allylic oxidation sites excluding steroid dienone is 4. The molecule has 1 atom stereocenters. The third kappa shape index (κ3) is 31.4. The minimum absolute atomic E-state index is 0.175. The molecule has 0 aromatic rings. The van der Waals surface area contributed by atoms with Crippen LogP contribution in [-0.2, 0) is 14.3 Å². The molecular weight excluding hydrogens is 496 g/mol. The molecule has 4 heteroatoms. The summed E-state index contributed by atoms with van der Waals surface area (Å²) in [5, 5.41) is 9.53. The van der Waals surface area contributed by atoms with Crippen molar-refractivity contribution in [3.05, 3.63) is 24.3 Å². The monoisotopic (exact) mass is 565 g/mol. The summed E-state index contributed by atoms with van der Waals surface area (Å²) in [5.74, 6) is -0.212. The molecule has 0 aliphatic rings. The number of aliphatic hydroxyl groups is 1. The Balaban J connectivity index is 3.46. The third-order valence-corrected chi connectivity index (χ3v) is 7.50. The summed E-state index contributed by atoms with van der Waals surface area (Å²) in [7, 11) is 0. The Bertz CT molecular complexity index is 557. The number of rotatable bonds is 32. The number of hydrogen-bond acceptors (Lipinski definition) is 4. The highest BCUT2D eigenvalue weighted by atomic mass is 16.6. The van der Waals surface area contributed by atoms with E-state index in [1.54, 1.807) is 0 Å². The second-order valence-corrected chi connectivity index (χ2v) is 11.6. The van der Waals surface area contributed by atoms with E-state index < -0.39 is 6.10 Å². The molecule has 0 bridgehead atoms. The molecule has 0 spiro atoms. The number of aliphatic hydroxyl groups excluding tert-OH is 1. The molecule has 0 aromatic carbocycles. The first-order valence-corrected chi connectivity index (χ1v) is 17.4. The topological polar surface area (TPSA) is 55.8 Å². The molecule has 0 aliphatic heterocycles. The van der Waals surface area contributed by atoms with Crippen LogP contribution in [-0.4, -0.2) is 37.0 Å².